The van der Waals surface area contributed by atoms with Crippen LogP contribution in [-0.2, 0) is 4.74 Å². The molecule has 22 heavy (non-hydrogen) atoms. The number of ether oxygens (including phenoxy) is 1. The highest BCUT2D eigenvalue weighted by atomic mass is 16.5. The van der Waals surface area contributed by atoms with Gasteiger partial charge in [0.2, 0.25) is 0 Å². The summed E-state index contributed by atoms with van der Waals surface area (Å²) < 4.78 is 5.33. The van der Waals surface area contributed by atoms with Gasteiger partial charge in [-0.15, -0.1) is 0 Å². The molecule has 2 unspecified atom stereocenters. The van der Waals surface area contributed by atoms with E-state index in [0.29, 0.717) is 25.5 Å². The average Bonchev–Trinajstić information content (AvgIpc) is 2.53. The molecule has 2 aliphatic rings. The lowest BCUT2D eigenvalue weighted by Gasteiger charge is -2.34. The molecule has 2 rings (SSSR count). The molecular formula is C17H30N2O3. The number of aliphatic hydroxyl groups is 1. The Morgan fingerprint density at radius 3 is 3.09 bits per heavy atom. The third-order valence-electron chi connectivity index (χ3n) is 4.68. The zero-order valence-electron chi connectivity index (χ0n) is 13.7. The smallest absolute Gasteiger partial charge is 0.317 e. The van der Waals surface area contributed by atoms with E-state index in [4.69, 9.17) is 4.74 Å². The van der Waals surface area contributed by atoms with Gasteiger partial charge in [0.25, 0.3) is 0 Å². The fourth-order valence-electron chi connectivity index (χ4n) is 3.32. The predicted octanol–water partition coefficient (Wildman–Crippen LogP) is 2.31. The Morgan fingerprint density at radius 1 is 1.50 bits per heavy atom. The first-order valence-corrected chi connectivity index (χ1v) is 8.57. The maximum atomic E-state index is 12.2. The highest BCUT2D eigenvalue weighted by Gasteiger charge is 2.30. The van der Waals surface area contributed by atoms with E-state index in [1.54, 1.807) is 0 Å². The highest BCUT2D eigenvalue weighted by molar-refractivity contribution is 5.74. The fraction of sp³-hybridized carbons (Fsp3) is 0.824. The molecule has 2 saturated heterocycles. The molecule has 0 spiro atoms. The van der Waals surface area contributed by atoms with Crippen LogP contribution in [0, 0.1) is 5.92 Å². The second kappa shape index (κ2) is 8.53. The number of allylic oxidation sites excluding steroid dienone is 2. The van der Waals surface area contributed by atoms with Crippen LogP contribution < -0.4 is 5.32 Å². The fourth-order valence-corrected chi connectivity index (χ4v) is 3.32. The Morgan fingerprint density at radius 2 is 2.36 bits per heavy atom. The number of carbonyl (C=O) groups is 1. The molecule has 2 aliphatic heterocycles. The first-order chi connectivity index (χ1) is 10.6. The van der Waals surface area contributed by atoms with Gasteiger partial charge < -0.3 is 20.1 Å². The molecule has 126 valence electrons. The molecule has 0 saturated carbocycles. The van der Waals surface area contributed by atoms with Crippen molar-refractivity contribution in [1.29, 1.82) is 0 Å². The van der Waals surface area contributed by atoms with Crippen molar-refractivity contribution in [3.05, 3.63) is 12.2 Å². The van der Waals surface area contributed by atoms with Crippen molar-refractivity contribution in [2.75, 3.05) is 32.8 Å². The minimum atomic E-state index is -0.762. The molecule has 2 amide bonds. The van der Waals surface area contributed by atoms with Gasteiger partial charge in [-0.1, -0.05) is 12.2 Å². The lowest BCUT2D eigenvalue weighted by Crippen LogP contribution is -2.47. The summed E-state index contributed by atoms with van der Waals surface area (Å²) in [6, 6.07) is 0.00510. The molecule has 2 N–H and O–H groups in total. The molecule has 0 bridgehead atoms. The number of nitrogens with zero attached hydrogens (tertiary/aromatic N) is 1. The molecule has 5 nitrogen and oxygen atoms in total. The first kappa shape index (κ1) is 17.3. The molecule has 2 fully saturated rings. The van der Waals surface area contributed by atoms with Gasteiger partial charge in [0.15, 0.2) is 0 Å². The number of rotatable bonds is 5. The maximum absolute atomic E-state index is 12.2. The van der Waals surface area contributed by atoms with E-state index >= 15 is 0 Å². The summed E-state index contributed by atoms with van der Waals surface area (Å²) in [6.45, 7) is 5.34. The van der Waals surface area contributed by atoms with Crippen molar-refractivity contribution < 1.29 is 14.6 Å². The van der Waals surface area contributed by atoms with Crippen molar-refractivity contribution in [2.45, 2.75) is 51.0 Å². The second-order valence-corrected chi connectivity index (χ2v) is 6.62. The van der Waals surface area contributed by atoms with Crippen LogP contribution in [0.5, 0.6) is 0 Å². The summed E-state index contributed by atoms with van der Waals surface area (Å²) in [6.07, 6.45) is 9.81. The number of hydrogen-bond donors (Lipinski definition) is 2. The minimum Gasteiger partial charge on any atom is -0.387 e. The molecule has 0 aromatic rings. The van der Waals surface area contributed by atoms with E-state index < -0.39 is 5.60 Å². The van der Waals surface area contributed by atoms with Gasteiger partial charge >= 0.3 is 6.03 Å². The Labute approximate surface area is 133 Å². The average molecular weight is 310 g/mol. The second-order valence-electron chi connectivity index (χ2n) is 6.62. The van der Waals surface area contributed by atoms with Gasteiger partial charge in [0.05, 0.1) is 12.2 Å². The van der Waals surface area contributed by atoms with Crippen LogP contribution in [0.3, 0.4) is 0 Å². The molecule has 0 aromatic heterocycles. The van der Waals surface area contributed by atoms with Crippen LogP contribution in [0.1, 0.15) is 45.4 Å². The Bertz CT molecular complexity index is 378. The number of carbonyl (C=O) groups excluding carboxylic acids is 1. The zero-order valence-corrected chi connectivity index (χ0v) is 13.7. The van der Waals surface area contributed by atoms with Crippen LogP contribution in [0.25, 0.3) is 0 Å². The van der Waals surface area contributed by atoms with Gasteiger partial charge in [-0.25, -0.2) is 4.79 Å². The number of piperidine rings is 1. The summed E-state index contributed by atoms with van der Waals surface area (Å²) in [5.74, 6) is 0.576. The summed E-state index contributed by atoms with van der Waals surface area (Å²) in [4.78, 5) is 14.2. The molecule has 0 aliphatic carbocycles. The summed E-state index contributed by atoms with van der Waals surface area (Å²) in [5.41, 5.74) is -0.762. The number of likely N-dealkylation sites (tertiary alicyclic amines) is 1. The predicted molar refractivity (Wildman–Crippen MR) is 86.7 cm³/mol. The van der Waals surface area contributed by atoms with E-state index in [1.165, 1.54) is 6.42 Å². The van der Waals surface area contributed by atoms with Gasteiger partial charge in [-0.3, -0.25) is 0 Å². The lowest BCUT2D eigenvalue weighted by molar-refractivity contribution is -0.0887. The zero-order chi connectivity index (χ0) is 15.8. The molecule has 0 radical (unpaired) electrons. The van der Waals surface area contributed by atoms with Crippen LogP contribution in [0.2, 0.25) is 0 Å². The molecule has 5 heteroatoms. The van der Waals surface area contributed by atoms with E-state index in [9.17, 15) is 9.90 Å². The van der Waals surface area contributed by atoms with Crippen molar-refractivity contribution in [3.63, 3.8) is 0 Å². The number of hydrogen-bond acceptors (Lipinski definition) is 3. The van der Waals surface area contributed by atoms with Crippen LogP contribution >= 0.6 is 0 Å². The lowest BCUT2D eigenvalue weighted by atomic mass is 9.93. The molecule has 2 atom stereocenters. The van der Waals surface area contributed by atoms with Gasteiger partial charge in [-0.2, -0.15) is 0 Å². The van der Waals surface area contributed by atoms with Crippen molar-refractivity contribution in [2.24, 2.45) is 5.92 Å². The largest absolute Gasteiger partial charge is 0.387 e. The topological polar surface area (TPSA) is 61.8 Å². The van der Waals surface area contributed by atoms with E-state index in [0.717, 1.165) is 45.4 Å². The van der Waals surface area contributed by atoms with Gasteiger partial charge in [0, 0.05) is 26.2 Å². The Balaban J connectivity index is 1.70. The first-order valence-electron chi connectivity index (χ1n) is 8.57. The van der Waals surface area contributed by atoms with Crippen molar-refractivity contribution in [3.8, 4) is 0 Å². The van der Waals surface area contributed by atoms with Crippen molar-refractivity contribution in [1.82, 2.24) is 10.2 Å². The molecular weight excluding hydrogens is 280 g/mol. The number of nitrogens with one attached hydrogen (secondary N) is 1. The monoisotopic (exact) mass is 310 g/mol. The third-order valence-corrected chi connectivity index (χ3v) is 4.68. The summed E-state index contributed by atoms with van der Waals surface area (Å²) in [5, 5.41) is 13.3. The standard InChI is InChI=1S/C17H30N2O3/c1-2-3-6-15-7-4-11-19(13-15)16(20)18-10-9-17(21)8-5-12-22-14-17/h2-3,15,21H,4-14H2,1H3,(H,18,20). The van der Waals surface area contributed by atoms with Crippen LogP contribution in [-0.4, -0.2) is 54.5 Å². The SMILES string of the molecule is CC=CCC1CCCN(C(=O)NCCC2(O)CCCOC2)C1. The Hall–Kier alpha value is -1.07. The third kappa shape index (κ3) is 5.29. The summed E-state index contributed by atoms with van der Waals surface area (Å²) in [7, 11) is 0. The number of urea groups is 1. The minimum absolute atomic E-state index is 0.00510. The molecule has 2 heterocycles. The summed E-state index contributed by atoms with van der Waals surface area (Å²) >= 11 is 0. The quantitative estimate of drug-likeness (QED) is 0.766. The van der Waals surface area contributed by atoms with E-state index in [-0.39, 0.29) is 6.03 Å². The Kier molecular flexibility index (Phi) is 6.70. The van der Waals surface area contributed by atoms with Gasteiger partial charge in [0.1, 0.15) is 0 Å². The van der Waals surface area contributed by atoms with Crippen LogP contribution in [0.4, 0.5) is 4.79 Å². The van der Waals surface area contributed by atoms with E-state index in [1.807, 2.05) is 11.8 Å². The normalized spacial score (nSPS) is 29.7. The van der Waals surface area contributed by atoms with Crippen molar-refractivity contribution >= 4 is 6.03 Å². The van der Waals surface area contributed by atoms with Crippen LogP contribution in [0.15, 0.2) is 12.2 Å². The van der Waals surface area contributed by atoms with E-state index in [2.05, 4.69) is 17.5 Å². The molecule has 0 aromatic carbocycles. The number of amides is 2. The van der Waals surface area contributed by atoms with Gasteiger partial charge in [-0.05, 0) is 51.4 Å². The highest BCUT2D eigenvalue weighted by Crippen LogP contribution is 2.22. The maximum Gasteiger partial charge on any atom is 0.317 e.